The van der Waals surface area contributed by atoms with Crippen molar-refractivity contribution < 1.29 is 19.1 Å². The largest absolute Gasteiger partial charge is 0.496 e. The lowest BCUT2D eigenvalue weighted by molar-refractivity contribution is 0.0642. The van der Waals surface area contributed by atoms with Crippen LogP contribution in [0.2, 0.25) is 0 Å². The van der Waals surface area contributed by atoms with E-state index in [4.69, 9.17) is 4.74 Å². The number of carbonyl (C=O) groups is 3. The molecule has 1 aliphatic heterocycles. The van der Waals surface area contributed by atoms with E-state index >= 15 is 0 Å². The Balaban J connectivity index is 1.88. The van der Waals surface area contributed by atoms with Gasteiger partial charge in [0.2, 0.25) is 0 Å². The number of hydrogen-bond donors (Lipinski definition) is 1. The molecule has 0 saturated carbocycles. The first-order valence-electron chi connectivity index (χ1n) is 8.35. The van der Waals surface area contributed by atoms with Crippen molar-refractivity contribution in [3.8, 4) is 5.75 Å². The molecule has 6 nitrogen and oxygen atoms in total. The van der Waals surface area contributed by atoms with Crippen molar-refractivity contribution in [2.45, 2.75) is 26.4 Å². The summed E-state index contributed by atoms with van der Waals surface area (Å²) in [4.78, 5) is 38.6. The lowest BCUT2D eigenvalue weighted by Gasteiger charge is -2.16. The maximum absolute atomic E-state index is 12.5. The summed E-state index contributed by atoms with van der Waals surface area (Å²) in [6.07, 6.45) is 0. The Morgan fingerprint density at radius 2 is 1.69 bits per heavy atom. The van der Waals surface area contributed by atoms with Gasteiger partial charge in [-0.15, -0.1) is 0 Å². The van der Waals surface area contributed by atoms with E-state index in [2.05, 4.69) is 5.32 Å². The van der Waals surface area contributed by atoms with E-state index in [1.54, 1.807) is 42.5 Å². The van der Waals surface area contributed by atoms with Crippen LogP contribution in [0.15, 0.2) is 42.5 Å². The van der Waals surface area contributed by atoms with Crippen molar-refractivity contribution in [3.05, 3.63) is 64.7 Å². The minimum absolute atomic E-state index is 0.0212. The fraction of sp³-hybridized carbons (Fsp3) is 0.250. The standard InChI is InChI=1S/C20H20N2O4/c1-12(2)21-18(23)16-10-13(8-9-17(16)26-3)11-22-19(24)14-6-4-5-7-15(14)20(22)25/h4-10,12H,11H2,1-3H3,(H,21,23). The highest BCUT2D eigenvalue weighted by atomic mass is 16.5. The average Bonchev–Trinajstić information content (AvgIpc) is 2.86. The molecule has 0 atom stereocenters. The van der Waals surface area contributed by atoms with Crippen molar-refractivity contribution in [2.24, 2.45) is 0 Å². The van der Waals surface area contributed by atoms with Gasteiger partial charge in [-0.25, -0.2) is 0 Å². The summed E-state index contributed by atoms with van der Waals surface area (Å²) >= 11 is 0. The highest BCUT2D eigenvalue weighted by Gasteiger charge is 2.35. The second-order valence-electron chi connectivity index (χ2n) is 6.40. The minimum atomic E-state index is -0.324. The number of nitrogens with zero attached hydrogens (tertiary/aromatic N) is 1. The number of nitrogens with one attached hydrogen (secondary N) is 1. The number of fused-ring (bicyclic) bond motifs is 1. The third-order valence-corrected chi connectivity index (χ3v) is 4.15. The molecule has 1 heterocycles. The molecule has 0 saturated heterocycles. The second kappa shape index (κ2) is 7.00. The molecule has 0 bridgehead atoms. The van der Waals surface area contributed by atoms with Gasteiger partial charge in [0.15, 0.2) is 0 Å². The smallest absolute Gasteiger partial charge is 0.261 e. The fourth-order valence-electron chi connectivity index (χ4n) is 2.94. The van der Waals surface area contributed by atoms with Crippen molar-refractivity contribution >= 4 is 17.7 Å². The Morgan fingerprint density at radius 1 is 1.08 bits per heavy atom. The van der Waals surface area contributed by atoms with Crippen LogP contribution >= 0.6 is 0 Å². The first-order chi connectivity index (χ1) is 12.4. The number of methoxy groups -OCH3 is 1. The summed E-state index contributed by atoms with van der Waals surface area (Å²) < 4.78 is 5.26. The lowest BCUT2D eigenvalue weighted by atomic mass is 10.1. The van der Waals surface area contributed by atoms with Crippen LogP contribution < -0.4 is 10.1 Å². The zero-order valence-electron chi connectivity index (χ0n) is 14.9. The molecule has 3 amide bonds. The van der Waals surface area contributed by atoms with E-state index in [-0.39, 0.29) is 30.3 Å². The van der Waals surface area contributed by atoms with Crippen LogP contribution in [0.3, 0.4) is 0 Å². The number of benzene rings is 2. The molecule has 6 heteroatoms. The maximum Gasteiger partial charge on any atom is 0.261 e. The molecule has 0 fully saturated rings. The topological polar surface area (TPSA) is 75.7 Å². The first-order valence-corrected chi connectivity index (χ1v) is 8.35. The quantitative estimate of drug-likeness (QED) is 0.840. The van der Waals surface area contributed by atoms with Crippen molar-refractivity contribution in [2.75, 3.05) is 7.11 Å². The number of hydrogen-bond acceptors (Lipinski definition) is 4. The highest BCUT2D eigenvalue weighted by Crippen LogP contribution is 2.26. The number of carbonyl (C=O) groups excluding carboxylic acids is 3. The van der Waals surface area contributed by atoms with E-state index in [0.29, 0.717) is 28.0 Å². The Hall–Kier alpha value is -3.15. The number of ether oxygens (including phenoxy) is 1. The molecular formula is C20H20N2O4. The second-order valence-corrected chi connectivity index (χ2v) is 6.40. The summed E-state index contributed by atoms with van der Waals surface area (Å²) in [6.45, 7) is 3.83. The number of amides is 3. The summed E-state index contributed by atoms with van der Waals surface area (Å²) in [5.74, 6) is -0.473. The summed E-state index contributed by atoms with van der Waals surface area (Å²) in [5.41, 5.74) is 1.86. The molecule has 0 aromatic heterocycles. The van der Waals surface area contributed by atoms with Crippen molar-refractivity contribution in [3.63, 3.8) is 0 Å². The van der Waals surface area contributed by atoms with Crippen LogP contribution in [0.1, 0.15) is 50.5 Å². The van der Waals surface area contributed by atoms with Gasteiger partial charge in [-0.1, -0.05) is 18.2 Å². The van der Waals surface area contributed by atoms with Crippen molar-refractivity contribution in [1.82, 2.24) is 10.2 Å². The molecule has 0 radical (unpaired) electrons. The van der Waals surface area contributed by atoms with E-state index < -0.39 is 0 Å². The normalized spacial score (nSPS) is 13.2. The summed E-state index contributed by atoms with van der Waals surface area (Å²) in [5, 5.41) is 2.82. The minimum Gasteiger partial charge on any atom is -0.496 e. The maximum atomic E-state index is 12.5. The van der Waals surface area contributed by atoms with E-state index in [9.17, 15) is 14.4 Å². The molecule has 3 rings (SSSR count). The van der Waals surface area contributed by atoms with Crippen molar-refractivity contribution in [1.29, 1.82) is 0 Å². The monoisotopic (exact) mass is 352 g/mol. The molecule has 0 spiro atoms. The van der Waals surface area contributed by atoms with E-state index in [0.717, 1.165) is 0 Å². The predicted octanol–water partition coefficient (Wildman–Crippen LogP) is 2.63. The fourth-order valence-corrected chi connectivity index (χ4v) is 2.94. The zero-order chi connectivity index (χ0) is 18.8. The SMILES string of the molecule is COc1ccc(CN2C(=O)c3ccccc3C2=O)cc1C(=O)NC(C)C. The van der Waals surface area contributed by atoms with Gasteiger partial charge >= 0.3 is 0 Å². The molecule has 1 aliphatic rings. The van der Waals surface area contributed by atoms with Gasteiger partial charge < -0.3 is 10.1 Å². The molecule has 2 aromatic rings. The molecule has 134 valence electrons. The molecule has 0 aliphatic carbocycles. The van der Waals surface area contributed by atoms with E-state index in [1.807, 2.05) is 13.8 Å². The summed E-state index contributed by atoms with van der Waals surface area (Å²) in [7, 11) is 1.49. The van der Waals surface area contributed by atoms with Crippen LogP contribution in [0.25, 0.3) is 0 Å². The van der Waals surface area contributed by atoms with E-state index in [1.165, 1.54) is 12.0 Å². The average molecular weight is 352 g/mol. The molecule has 0 unspecified atom stereocenters. The lowest BCUT2D eigenvalue weighted by Crippen LogP contribution is -2.31. The zero-order valence-corrected chi connectivity index (χ0v) is 14.9. The Kier molecular flexibility index (Phi) is 4.75. The molecule has 1 N–H and O–H groups in total. The van der Waals surface area contributed by atoms with Crippen LogP contribution in [0, 0.1) is 0 Å². The van der Waals surface area contributed by atoms with Gasteiger partial charge in [-0.2, -0.15) is 0 Å². The Morgan fingerprint density at radius 3 is 2.23 bits per heavy atom. The van der Waals surface area contributed by atoms with Gasteiger partial charge in [0.05, 0.1) is 30.3 Å². The number of rotatable bonds is 5. The predicted molar refractivity (Wildman–Crippen MR) is 96.2 cm³/mol. The van der Waals surface area contributed by atoms with Gasteiger partial charge in [-0.3, -0.25) is 19.3 Å². The molecular weight excluding hydrogens is 332 g/mol. The van der Waals surface area contributed by atoms with Crippen LogP contribution in [0.5, 0.6) is 5.75 Å². The van der Waals surface area contributed by atoms with Crippen LogP contribution in [0.4, 0.5) is 0 Å². The third kappa shape index (κ3) is 3.18. The Labute approximate surface area is 151 Å². The van der Waals surface area contributed by atoms with Gasteiger partial charge in [0, 0.05) is 6.04 Å². The summed E-state index contributed by atoms with van der Waals surface area (Å²) in [6, 6.07) is 11.8. The molecule has 2 aromatic carbocycles. The molecule has 26 heavy (non-hydrogen) atoms. The Bertz CT molecular complexity index is 854. The third-order valence-electron chi connectivity index (χ3n) is 4.15. The number of imide groups is 1. The highest BCUT2D eigenvalue weighted by molar-refractivity contribution is 6.21. The van der Waals surface area contributed by atoms with Gasteiger partial charge in [0.1, 0.15) is 5.75 Å². The van der Waals surface area contributed by atoms with Gasteiger partial charge in [0.25, 0.3) is 17.7 Å². The van der Waals surface area contributed by atoms with Gasteiger partial charge in [-0.05, 0) is 43.7 Å². The van der Waals surface area contributed by atoms with Crippen LogP contribution in [-0.2, 0) is 6.54 Å². The first kappa shape index (κ1) is 17.7. The van der Waals surface area contributed by atoms with Crippen LogP contribution in [-0.4, -0.2) is 35.8 Å².